The Morgan fingerprint density at radius 2 is 1.94 bits per heavy atom. The summed E-state index contributed by atoms with van der Waals surface area (Å²) in [5, 5.41) is 0. The van der Waals surface area contributed by atoms with Crippen LogP contribution in [0.5, 0.6) is 0 Å². The molecule has 1 aromatic carbocycles. The zero-order chi connectivity index (χ0) is 13.1. The van der Waals surface area contributed by atoms with E-state index in [1.165, 1.54) is 12.1 Å². The van der Waals surface area contributed by atoms with E-state index >= 15 is 0 Å². The van der Waals surface area contributed by atoms with Gasteiger partial charge in [0.2, 0.25) is 0 Å². The van der Waals surface area contributed by atoms with E-state index in [2.05, 4.69) is 20.7 Å². The molecule has 0 fully saturated rings. The highest BCUT2D eigenvalue weighted by Gasteiger charge is 2.40. The summed E-state index contributed by atoms with van der Waals surface area (Å²) in [6.45, 7) is -1.93. The lowest BCUT2D eigenvalue weighted by molar-refractivity contribution is -0.168. The van der Waals surface area contributed by atoms with Crippen molar-refractivity contribution in [1.82, 2.24) is 0 Å². The summed E-state index contributed by atoms with van der Waals surface area (Å²) in [6, 6.07) is 3.94. The number of halogens is 6. The lowest BCUT2D eigenvalue weighted by Gasteiger charge is -2.15. The first kappa shape index (κ1) is 14.4. The topological polar surface area (TPSA) is 9.23 Å². The van der Waals surface area contributed by atoms with Crippen LogP contribution in [-0.4, -0.2) is 19.0 Å². The Balaban J connectivity index is 2.51. The third kappa shape index (κ3) is 4.23. The first-order valence-electron chi connectivity index (χ1n) is 4.50. The van der Waals surface area contributed by atoms with E-state index in [9.17, 15) is 22.0 Å². The molecule has 0 atom stereocenters. The average molecular weight is 319 g/mol. The van der Waals surface area contributed by atoms with Gasteiger partial charge in [0.25, 0.3) is 0 Å². The molecule has 0 aliphatic heterocycles. The monoisotopic (exact) mass is 318 g/mol. The molecule has 0 amide bonds. The fourth-order valence-electron chi connectivity index (χ4n) is 0.999. The van der Waals surface area contributed by atoms with Crippen LogP contribution in [0.3, 0.4) is 0 Å². The molecule has 7 heteroatoms. The molecule has 0 aliphatic carbocycles. The fraction of sp³-hybridized carbons (Fsp3) is 0.400. The third-order valence-corrected chi connectivity index (χ3v) is 2.38. The van der Waals surface area contributed by atoms with Gasteiger partial charge in [0.15, 0.2) is 0 Å². The van der Waals surface area contributed by atoms with Crippen molar-refractivity contribution in [1.29, 1.82) is 0 Å². The van der Waals surface area contributed by atoms with Gasteiger partial charge in [0.05, 0.1) is 6.61 Å². The van der Waals surface area contributed by atoms with Gasteiger partial charge in [-0.1, -0.05) is 22.0 Å². The molecule has 17 heavy (non-hydrogen) atoms. The van der Waals surface area contributed by atoms with E-state index in [0.717, 1.165) is 6.07 Å². The Kier molecular flexibility index (Phi) is 4.88. The van der Waals surface area contributed by atoms with Gasteiger partial charge in [-0.05, 0) is 12.1 Å². The molecule has 0 aromatic heterocycles. The van der Waals surface area contributed by atoms with Crippen molar-refractivity contribution in [2.24, 2.45) is 0 Å². The van der Waals surface area contributed by atoms with Crippen LogP contribution in [0.4, 0.5) is 22.0 Å². The standard InChI is InChI=1S/C10H8BrF5O/c11-7-2-1-6(8(12)3-7)4-17-5-10(15,16)9(13)14/h1-3,9H,4-5H2. The summed E-state index contributed by atoms with van der Waals surface area (Å²) in [5.74, 6) is -4.87. The third-order valence-electron chi connectivity index (χ3n) is 1.89. The van der Waals surface area contributed by atoms with Crippen LogP contribution in [0.2, 0.25) is 0 Å². The zero-order valence-electron chi connectivity index (χ0n) is 8.40. The Morgan fingerprint density at radius 3 is 2.47 bits per heavy atom. The van der Waals surface area contributed by atoms with Crippen LogP contribution in [0, 0.1) is 5.82 Å². The van der Waals surface area contributed by atoms with E-state index in [-0.39, 0.29) is 5.56 Å². The maximum atomic E-state index is 13.2. The molecule has 1 aromatic rings. The predicted octanol–water partition coefficient (Wildman–Crippen LogP) is 4.01. The molecule has 0 heterocycles. The lowest BCUT2D eigenvalue weighted by atomic mass is 10.2. The minimum absolute atomic E-state index is 0.0262. The van der Waals surface area contributed by atoms with Crippen molar-refractivity contribution in [3.05, 3.63) is 34.1 Å². The summed E-state index contributed by atoms with van der Waals surface area (Å²) >= 11 is 3.02. The van der Waals surface area contributed by atoms with Gasteiger partial charge in [0, 0.05) is 10.0 Å². The molecular weight excluding hydrogens is 311 g/mol. The highest BCUT2D eigenvalue weighted by atomic mass is 79.9. The Labute approximate surface area is 103 Å². The fourth-order valence-corrected chi connectivity index (χ4v) is 1.33. The Bertz CT molecular complexity index is 383. The zero-order valence-corrected chi connectivity index (χ0v) is 9.99. The second-order valence-corrected chi connectivity index (χ2v) is 4.21. The van der Waals surface area contributed by atoms with Gasteiger partial charge < -0.3 is 4.74 Å². The van der Waals surface area contributed by atoms with Crippen LogP contribution in [0.15, 0.2) is 22.7 Å². The minimum Gasteiger partial charge on any atom is -0.370 e. The molecule has 0 saturated carbocycles. The molecule has 0 saturated heterocycles. The van der Waals surface area contributed by atoms with Gasteiger partial charge in [-0.3, -0.25) is 0 Å². The van der Waals surface area contributed by atoms with Gasteiger partial charge in [-0.15, -0.1) is 0 Å². The molecule has 0 unspecified atom stereocenters. The molecule has 0 spiro atoms. The molecule has 1 rings (SSSR count). The van der Waals surface area contributed by atoms with E-state index in [1.54, 1.807) is 0 Å². The highest BCUT2D eigenvalue weighted by molar-refractivity contribution is 9.10. The van der Waals surface area contributed by atoms with Gasteiger partial charge in [0.1, 0.15) is 12.4 Å². The highest BCUT2D eigenvalue weighted by Crippen LogP contribution is 2.24. The lowest BCUT2D eigenvalue weighted by Crippen LogP contribution is -2.32. The van der Waals surface area contributed by atoms with Crippen molar-refractivity contribution >= 4 is 15.9 Å². The van der Waals surface area contributed by atoms with E-state index < -0.39 is 31.4 Å². The molecule has 96 valence electrons. The SMILES string of the molecule is Fc1cc(Br)ccc1COCC(F)(F)C(F)F. The number of alkyl halides is 4. The summed E-state index contributed by atoms with van der Waals surface area (Å²) < 4.78 is 66.4. The van der Waals surface area contributed by atoms with Crippen LogP contribution >= 0.6 is 15.9 Å². The second kappa shape index (κ2) is 5.77. The van der Waals surface area contributed by atoms with Crippen LogP contribution in [0.1, 0.15) is 5.56 Å². The smallest absolute Gasteiger partial charge is 0.330 e. The van der Waals surface area contributed by atoms with E-state index in [4.69, 9.17) is 0 Å². The van der Waals surface area contributed by atoms with Crippen LogP contribution < -0.4 is 0 Å². The van der Waals surface area contributed by atoms with Gasteiger partial charge in [-0.2, -0.15) is 8.78 Å². The number of hydrogen-bond donors (Lipinski definition) is 0. The Hall–Kier alpha value is -0.690. The van der Waals surface area contributed by atoms with Crippen molar-refractivity contribution in [3.8, 4) is 0 Å². The minimum atomic E-state index is -4.22. The Morgan fingerprint density at radius 1 is 1.29 bits per heavy atom. The molecular formula is C10H8BrF5O. The molecule has 1 nitrogen and oxygen atoms in total. The average Bonchev–Trinajstić information content (AvgIpc) is 2.21. The quantitative estimate of drug-likeness (QED) is 0.745. The van der Waals surface area contributed by atoms with Crippen molar-refractivity contribution in [2.75, 3.05) is 6.61 Å². The molecule has 0 radical (unpaired) electrons. The summed E-state index contributed by atoms with van der Waals surface area (Å²) in [6.07, 6.45) is -3.79. The normalized spacial score (nSPS) is 12.2. The van der Waals surface area contributed by atoms with Crippen molar-refractivity contribution in [2.45, 2.75) is 19.0 Å². The second-order valence-electron chi connectivity index (χ2n) is 3.29. The van der Waals surface area contributed by atoms with Gasteiger partial charge in [-0.25, -0.2) is 13.2 Å². The number of rotatable bonds is 5. The van der Waals surface area contributed by atoms with E-state index in [1.807, 2.05) is 0 Å². The first-order chi connectivity index (χ1) is 7.83. The molecule has 0 N–H and O–H groups in total. The molecule has 0 aliphatic rings. The number of benzene rings is 1. The van der Waals surface area contributed by atoms with Crippen LogP contribution in [0.25, 0.3) is 0 Å². The van der Waals surface area contributed by atoms with Crippen molar-refractivity contribution in [3.63, 3.8) is 0 Å². The van der Waals surface area contributed by atoms with Crippen LogP contribution in [-0.2, 0) is 11.3 Å². The van der Waals surface area contributed by atoms with Gasteiger partial charge >= 0.3 is 12.3 Å². The number of ether oxygens (including phenoxy) is 1. The summed E-state index contributed by atoms with van der Waals surface area (Å²) in [7, 11) is 0. The summed E-state index contributed by atoms with van der Waals surface area (Å²) in [5.41, 5.74) is 0.0262. The predicted molar refractivity (Wildman–Crippen MR) is 54.7 cm³/mol. The van der Waals surface area contributed by atoms with E-state index in [0.29, 0.717) is 4.47 Å². The summed E-state index contributed by atoms with van der Waals surface area (Å²) in [4.78, 5) is 0. The first-order valence-corrected chi connectivity index (χ1v) is 5.30. The van der Waals surface area contributed by atoms with Crippen molar-refractivity contribution < 1.29 is 26.7 Å². The number of hydrogen-bond acceptors (Lipinski definition) is 1. The maximum Gasteiger partial charge on any atom is 0.330 e. The molecule has 0 bridgehead atoms. The largest absolute Gasteiger partial charge is 0.370 e. The maximum absolute atomic E-state index is 13.2.